The molecule has 0 saturated carbocycles. The second-order valence-corrected chi connectivity index (χ2v) is 6.56. The molecule has 0 aliphatic carbocycles. The Labute approximate surface area is 146 Å². The van der Waals surface area contributed by atoms with Gasteiger partial charge in [0.2, 0.25) is 5.91 Å². The Morgan fingerprint density at radius 3 is 2.75 bits per heavy atom. The molecule has 1 aliphatic heterocycles. The average Bonchev–Trinajstić information content (AvgIpc) is 2.85. The van der Waals surface area contributed by atoms with Crippen molar-refractivity contribution in [3.05, 3.63) is 64.2 Å². The highest BCUT2D eigenvalue weighted by Crippen LogP contribution is 2.40. The van der Waals surface area contributed by atoms with Gasteiger partial charge in [0.25, 0.3) is 0 Å². The van der Waals surface area contributed by atoms with Crippen LogP contribution in [0.4, 0.5) is 0 Å². The summed E-state index contributed by atoms with van der Waals surface area (Å²) in [4.78, 5) is 12.1. The number of aryl methyl sites for hydroxylation is 1. The molecule has 1 N–H and O–H groups in total. The summed E-state index contributed by atoms with van der Waals surface area (Å²) in [6, 6.07) is 13.1. The molecule has 24 heavy (non-hydrogen) atoms. The summed E-state index contributed by atoms with van der Waals surface area (Å²) in [5.74, 6) is 0.321. The first-order valence-corrected chi connectivity index (χ1v) is 8.28. The third-order valence-corrected chi connectivity index (χ3v) is 4.97. The molecule has 4 nitrogen and oxygen atoms in total. The maximum atomic E-state index is 12.1. The molecule has 1 amide bonds. The van der Waals surface area contributed by atoms with Gasteiger partial charge in [-0.05, 0) is 42.2 Å². The van der Waals surface area contributed by atoms with E-state index in [1.54, 1.807) is 7.11 Å². The maximum Gasteiger partial charge on any atom is 0.246 e. The minimum absolute atomic E-state index is 0.144. The molecule has 2 aromatic carbocycles. The van der Waals surface area contributed by atoms with Crippen molar-refractivity contribution in [1.29, 1.82) is 0 Å². The van der Waals surface area contributed by atoms with Crippen molar-refractivity contribution in [1.82, 2.24) is 5.06 Å². The number of hydroxylamine groups is 2. The number of methoxy groups -OCH3 is 1. The Morgan fingerprint density at radius 1 is 1.29 bits per heavy atom. The molecule has 0 spiro atoms. The normalized spacial score (nSPS) is 20.5. The van der Waals surface area contributed by atoms with Crippen molar-refractivity contribution in [3.63, 3.8) is 0 Å². The Kier molecular flexibility index (Phi) is 4.78. The number of halogens is 1. The molecule has 0 aromatic heterocycles. The first-order chi connectivity index (χ1) is 11.5. The summed E-state index contributed by atoms with van der Waals surface area (Å²) in [6.45, 7) is 1.99. The van der Waals surface area contributed by atoms with E-state index in [0.717, 1.165) is 27.5 Å². The predicted octanol–water partition coefficient (Wildman–Crippen LogP) is 3.97. The SMILES string of the molecule is COc1cc(C)ccc1[C@H]1CC(=O)N(O)[C@@H]1Cc1ccccc1Cl. The van der Waals surface area contributed by atoms with E-state index in [9.17, 15) is 10.0 Å². The molecule has 126 valence electrons. The lowest BCUT2D eigenvalue weighted by Crippen LogP contribution is -2.33. The van der Waals surface area contributed by atoms with Gasteiger partial charge in [-0.1, -0.05) is 41.9 Å². The first kappa shape index (κ1) is 16.8. The second kappa shape index (κ2) is 6.83. The van der Waals surface area contributed by atoms with Crippen LogP contribution in [-0.4, -0.2) is 29.3 Å². The number of hydrogen-bond donors (Lipinski definition) is 1. The van der Waals surface area contributed by atoms with E-state index in [1.807, 2.05) is 49.4 Å². The van der Waals surface area contributed by atoms with Crippen molar-refractivity contribution in [3.8, 4) is 5.75 Å². The summed E-state index contributed by atoms with van der Waals surface area (Å²) < 4.78 is 5.49. The van der Waals surface area contributed by atoms with Crippen LogP contribution in [-0.2, 0) is 11.2 Å². The topological polar surface area (TPSA) is 49.8 Å². The van der Waals surface area contributed by atoms with Gasteiger partial charge in [0, 0.05) is 17.4 Å². The summed E-state index contributed by atoms with van der Waals surface area (Å²) in [5.41, 5.74) is 2.93. The van der Waals surface area contributed by atoms with Gasteiger partial charge < -0.3 is 4.74 Å². The van der Waals surface area contributed by atoms with Crippen molar-refractivity contribution < 1.29 is 14.7 Å². The molecule has 5 heteroatoms. The number of carbonyl (C=O) groups excluding carboxylic acids is 1. The van der Waals surface area contributed by atoms with E-state index < -0.39 is 0 Å². The monoisotopic (exact) mass is 345 g/mol. The van der Waals surface area contributed by atoms with Gasteiger partial charge in [-0.3, -0.25) is 10.0 Å². The lowest BCUT2D eigenvalue weighted by atomic mass is 9.87. The van der Waals surface area contributed by atoms with E-state index in [1.165, 1.54) is 0 Å². The zero-order chi connectivity index (χ0) is 17.3. The molecule has 2 aromatic rings. The molecule has 3 rings (SSSR count). The molecule has 0 unspecified atom stereocenters. The molecule has 0 bridgehead atoms. The van der Waals surface area contributed by atoms with Gasteiger partial charge in [0.05, 0.1) is 13.2 Å². The molecule has 1 saturated heterocycles. The third-order valence-electron chi connectivity index (χ3n) is 4.60. The highest BCUT2D eigenvalue weighted by molar-refractivity contribution is 6.31. The van der Waals surface area contributed by atoms with Gasteiger partial charge in [-0.2, -0.15) is 0 Å². The van der Waals surface area contributed by atoms with Gasteiger partial charge in [0.15, 0.2) is 0 Å². The lowest BCUT2D eigenvalue weighted by molar-refractivity contribution is -0.165. The third kappa shape index (κ3) is 3.12. The molecule has 1 fully saturated rings. The van der Waals surface area contributed by atoms with Crippen molar-refractivity contribution in [2.75, 3.05) is 7.11 Å². The number of nitrogens with zero attached hydrogens (tertiary/aromatic N) is 1. The molecule has 2 atom stereocenters. The van der Waals surface area contributed by atoms with Crippen LogP contribution in [0.2, 0.25) is 5.02 Å². The van der Waals surface area contributed by atoms with E-state index in [-0.39, 0.29) is 24.3 Å². The van der Waals surface area contributed by atoms with Crippen LogP contribution < -0.4 is 4.74 Å². The Morgan fingerprint density at radius 2 is 2.04 bits per heavy atom. The van der Waals surface area contributed by atoms with E-state index >= 15 is 0 Å². The summed E-state index contributed by atoms with van der Waals surface area (Å²) >= 11 is 6.25. The van der Waals surface area contributed by atoms with Crippen molar-refractivity contribution in [2.24, 2.45) is 0 Å². The minimum Gasteiger partial charge on any atom is -0.496 e. The molecular formula is C19H20ClNO3. The fourth-order valence-corrected chi connectivity index (χ4v) is 3.55. The number of hydrogen-bond acceptors (Lipinski definition) is 3. The zero-order valence-corrected chi connectivity index (χ0v) is 14.5. The van der Waals surface area contributed by atoms with E-state index in [0.29, 0.717) is 11.4 Å². The maximum absolute atomic E-state index is 12.1. The smallest absolute Gasteiger partial charge is 0.246 e. The van der Waals surface area contributed by atoms with Crippen LogP contribution in [0.25, 0.3) is 0 Å². The summed E-state index contributed by atoms with van der Waals surface area (Å²) in [5, 5.41) is 11.8. The Balaban J connectivity index is 1.97. The fraction of sp³-hybridized carbons (Fsp3) is 0.316. The number of carbonyl (C=O) groups is 1. The molecule has 1 heterocycles. The van der Waals surface area contributed by atoms with Crippen LogP contribution in [0.1, 0.15) is 29.0 Å². The first-order valence-electron chi connectivity index (χ1n) is 7.90. The zero-order valence-electron chi connectivity index (χ0n) is 13.7. The molecule has 0 radical (unpaired) electrons. The fourth-order valence-electron chi connectivity index (χ4n) is 3.33. The van der Waals surface area contributed by atoms with Gasteiger partial charge in [-0.15, -0.1) is 0 Å². The van der Waals surface area contributed by atoms with Crippen LogP contribution in [0.5, 0.6) is 5.75 Å². The van der Waals surface area contributed by atoms with Crippen molar-refractivity contribution in [2.45, 2.75) is 31.7 Å². The van der Waals surface area contributed by atoms with Gasteiger partial charge in [0.1, 0.15) is 5.75 Å². The summed E-state index contributed by atoms with van der Waals surface area (Å²) in [7, 11) is 1.62. The summed E-state index contributed by atoms with van der Waals surface area (Å²) in [6.07, 6.45) is 0.745. The van der Waals surface area contributed by atoms with Crippen LogP contribution in [0.15, 0.2) is 42.5 Å². The van der Waals surface area contributed by atoms with Gasteiger partial charge >= 0.3 is 0 Å². The van der Waals surface area contributed by atoms with Crippen LogP contribution in [0.3, 0.4) is 0 Å². The average molecular weight is 346 g/mol. The number of rotatable bonds is 4. The molecule has 1 aliphatic rings. The van der Waals surface area contributed by atoms with E-state index in [2.05, 4.69) is 0 Å². The van der Waals surface area contributed by atoms with Crippen LogP contribution in [0, 0.1) is 6.92 Å². The quantitative estimate of drug-likeness (QED) is 0.853. The van der Waals surface area contributed by atoms with Crippen molar-refractivity contribution >= 4 is 17.5 Å². The molecular weight excluding hydrogens is 326 g/mol. The standard InChI is InChI=1S/C19H20ClNO3/c1-12-7-8-14(18(9-12)24-2)15-11-19(22)21(23)17(15)10-13-5-3-4-6-16(13)20/h3-9,15,17,23H,10-11H2,1-2H3/t15-,17-/m1/s1. The highest BCUT2D eigenvalue weighted by Gasteiger charge is 2.41. The second-order valence-electron chi connectivity index (χ2n) is 6.16. The minimum atomic E-state index is -0.367. The predicted molar refractivity (Wildman–Crippen MR) is 92.7 cm³/mol. The Bertz CT molecular complexity index is 762. The largest absolute Gasteiger partial charge is 0.496 e. The lowest BCUT2D eigenvalue weighted by Gasteiger charge is -2.25. The highest BCUT2D eigenvalue weighted by atomic mass is 35.5. The number of amides is 1. The number of ether oxygens (including phenoxy) is 1. The van der Waals surface area contributed by atoms with E-state index in [4.69, 9.17) is 16.3 Å². The van der Waals surface area contributed by atoms with Crippen LogP contribution >= 0.6 is 11.6 Å². The van der Waals surface area contributed by atoms with Gasteiger partial charge in [-0.25, -0.2) is 5.06 Å². The Hall–Kier alpha value is -2.04. The number of benzene rings is 2.